The molecule has 0 radical (unpaired) electrons. The van der Waals surface area contributed by atoms with Crippen LogP contribution in [0.5, 0.6) is 0 Å². The Morgan fingerprint density at radius 1 is 1.52 bits per heavy atom. The first-order chi connectivity index (χ1) is 9.97. The van der Waals surface area contributed by atoms with E-state index in [0.29, 0.717) is 5.92 Å². The molecule has 0 unspecified atom stereocenters. The zero-order valence-corrected chi connectivity index (χ0v) is 13.4. The molecule has 112 valence electrons. The van der Waals surface area contributed by atoms with Crippen molar-refractivity contribution in [2.24, 2.45) is 5.92 Å². The van der Waals surface area contributed by atoms with Crippen LogP contribution in [0.3, 0.4) is 0 Å². The molecule has 1 aliphatic rings. The quantitative estimate of drug-likeness (QED) is 0.848. The van der Waals surface area contributed by atoms with E-state index in [1.807, 2.05) is 0 Å². The predicted octanol–water partition coefficient (Wildman–Crippen LogP) is 1.67. The molecule has 0 spiro atoms. The molecule has 0 N–H and O–H groups in total. The number of aromatic nitrogens is 2. The number of thiophene rings is 1. The maximum Gasteiger partial charge on any atom is 0.262 e. The second kappa shape index (κ2) is 5.26. The Morgan fingerprint density at radius 3 is 3.00 bits per heavy atom. The summed E-state index contributed by atoms with van der Waals surface area (Å²) in [6, 6.07) is 0. The van der Waals surface area contributed by atoms with Gasteiger partial charge in [-0.1, -0.05) is 6.92 Å². The summed E-state index contributed by atoms with van der Waals surface area (Å²) in [5, 5.41) is 0.732. The lowest BCUT2D eigenvalue weighted by atomic mass is 9.89. The zero-order valence-electron chi connectivity index (χ0n) is 12.5. The smallest absolute Gasteiger partial charge is 0.262 e. The highest BCUT2D eigenvalue weighted by atomic mass is 32.1. The molecule has 2 aromatic rings. The maximum atomic E-state index is 12.7. The summed E-state index contributed by atoms with van der Waals surface area (Å²) in [6.45, 7) is 2.30. The number of carbonyl (C=O) groups is 1. The van der Waals surface area contributed by atoms with Crippen molar-refractivity contribution < 1.29 is 4.79 Å². The fourth-order valence-electron chi connectivity index (χ4n) is 2.77. The van der Waals surface area contributed by atoms with E-state index < -0.39 is 0 Å². The first kappa shape index (κ1) is 14.3. The summed E-state index contributed by atoms with van der Waals surface area (Å²) in [6.07, 6.45) is 4.59. The molecule has 6 heteroatoms. The molecular formula is C15H19N3O2S. The molecule has 0 saturated carbocycles. The minimum Gasteiger partial charge on any atom is -0.347 e. The Balaban J connectivity index is 2.08. The monoisotopic (exact) mass is 305 g/mol. The summed E-state index contributed by atoms with van der Waals surface area (Å²) < 4.78 is 1.43. The maximum absolute atomic E-state index is 12.7. The first-order valence-electron chi connectivity index (χ1n) is 7.17. The molecule has 0 bridgehead atoms. The Kier molecular flexibility index (Phi) is 3.57. The molecule has 0 aliphatic heterocycles. The molecule has 3 rings (SSSR count). The normalized spacial score (nSPS) is 17.8. The number of rotatable bonds is 2. The van der Waals surface area contributed by atoms with E-state index in [2.05, 4.69) is 11.9 Å². The van der Waals surface area contributed by atoms with Crippen LogP contribution in [0.25, 0.3) is 10.2 Å². The molecule has 2 heterocycles. The standard InChI is InChI=1S/C15H19N3O2S/c1-9-4-5-10-11(6-9)21-14-13(10)15(20)18(8-16-14)7-12(19)17(2)3/h8-9H,4-7H2,1-3H3/t9-/m1/s1. The van der Waals surface area contributed by atoms with Gasteiger partial charge in [-0.05, 0) is 30.7 Å². The number of hydrogen-bond donors (Lipinski definition) is 0. The zero-order chi connectivity index (χ0) is 15.1. The third-order valence-corrected chi connectivity index (χ3v) is 5.25. The van der Waals surface area contributed by atoms with Gasteiger partial charge in [0.15, 0.2) is 0 Å². The number of amides is 1. The van der Waals surface area contributed by atoms with Crippen LogP contribution >= 0.6 is 11.3 Å². The van der Waals surface area contributed by atoms with Gasteiger partial charge in [0.25, 0.3) is 5.56 Å². The van der Waals surface area contributed by atoms with Crippen molar-refractivity contribution in [3.8, 4) is 0 Å². The van der Waals surface area contributed by atoms with Gasteiger partial charge in [-0.25, -0.2) is 4.98 Å². The third kappa shape index (κ3) is 2.48. The van der Waals surface area contributed by atoms with Gasteiger partial charge in [0.1, 0.15) is 11.4 Å². The Morgan fingerprint density at radius 2 is 2.29 bits per heavy atom. The highest BCUT2D eigenvalue weighted by molar-refractivity contribution is 7.18. The van der Waals surface area contributed by atoms with Gasteiger partial charge in [0.2, 0.25) is 5.91 Å². The fourth-order valence-corrected chi connectivity index (χ4v) is 4.11. The van der Waals surface area contributed by atoms with Crippen molar-refractivity contribution in [2.75, 3.05) is 14.1 Å². The van der Waals surface area contributed by atoms with Crippen LogP contribution in [0.4, 0.5) is 0 Å². The molecular weight excluding hydrogens is 286 g/mol. The van der Waals surface area contributed by atoms with Crippen LogP contribution in [-0.2, 0) is 24.2 Å². The molecule has 5 nitrogen and oxygen atoms in total. The first-order valence-corrected chi connectivity index (χ1v) is 7.99. The van der Waals surface area contributed by atoms with Crippen molar-refractivity contribution in [3.05, 3.63) is 27.1 Å². The van der Waals surface area contributed by atoms with Gasteiger partial charge in [-0.3, -0.25) is 14.2 Å². The molecule has 1 atom stereocenters. The average Bonchev–Trinajstić information content (AvgIpc) is 2.79. The lowest BCUT2D eigenvalue weighted by Crippen LogP contribution is -2.31. The van der Waals surface area contributed by atoms with Crippen molar-refractivity contribution in [1.82, 2.24) is 14.5 Å². The van der Waals surface area contributed by atoms with Gasteiger partial charge >= 0.3 is 0 Å². The van der Waals surface area contributed by atoms with Gasteiger partial charge in [0.05, 0.1) is 11.7 Å². The van der Waals surface area contributed by atoms with E-state index in [-0.39, 0.29) is 18.0 Å². The SMILES string of the molecule is C[C@@H]1CCc2c(sc3ncn(CC(=O)N(C)C)c(=O)c23)C1. The highest BCUT2D eigenvalue weighted by Crippen LogP contribution is 2.35. The molecule has 0 saturated heterocycles. The second-order valence-electron chi connectivity index (χ2n) is 6.00. The summed E-state index contributed by atoms with van der Waals surface area (Å²) in [5.74, 6) is 0.569. The summed E-state index contributed by atoms with van der Waals surface area (Å²) in [4.78, 5) is 32.5. The average molecular weight is 305 g/mol. The highest BCUT2D eigenvalue weighted by Gasteiger charge is 2.23. The van der Waals surface area contributed by atoms with Gasteiger partial charge in [0, 0.05) is 19.0 Å². The minimum absolute atomic E-state index is 0.0514. The van der Waals surface area contributed by atoms with Crippen LogP contribution in [0.1, 0.15) is 23.8 Å². The molecule has 2 aromatic heterocycles. The lowest BCUT2D eigenvalue weighted by molar-refractivity contribution is -0.129. The van der Waals surface area contributed by atoms with Crippen LogP contribution in [0.15, 0.2) is 11.1 Å². The second-order valence-corrected chi connectivity index (χ2v) is 7.08. The topological polar surface area (TPSA) is 55.2 Å². The number of fused-ring (bicyclic) bond motifs is 3. The van der Waals surface area contributed by atoms with Crippen LogP contribution < -0.4 is 5.56 Å². The number of hydrogen-bond acceptors (Lipinski definition) is 4. The van der Waals surface area contributed by atoms with Gasteiger partial charge < -0.3 is 4.90 Å². The van der Waals surface area contributed by atoms with E-state index in [0.717, 1.165) is 35.0 Å². The fraction of sp³-hybridized carbons (Fsp3) is 0.533. The van der Waals surface area contributed by atoms with Crippen molar-refractivity contribution in [3.63, 3.8) is 0 Å². The minimum atomic E-state index is -0.101. The third-order valence-electron chi connectivity index (χ3n) is 4.09. The van der Waals surface area contributed by atoms with Crippen LogP contribution in [0.2, 0.25) is 0 Å². The van der Waals surface area contributed by atoms with Crippen molar-refractivity contribution in [1.29, 1.82) is 0 Å². The largest absolute Gasteiger partial charge is 0.347 e. The molecule has 1 amide bonds. The van der Waals surface area contributed by atoms with E-state index in [1.165, 1.54) is 20.7 Å². The van der Waals surface area contributed by atoms with Crippen LogP contribution in [-0.4, -0.2) is 34.5 Å². The Hall–Kier alpha value is -1.69. The molecule has 0 fully saturated rings. The number of likely N-dealkylation sites (N-methyl/N-ethyl adjacent to an activating group) is 1. The Labute approximate surface area is 127 Å². The number of carbonyl (C=O) groups excluding carboxylic acids is 1. The lowest BCUT2D eigenvalue weighted by Gasteiger charge is -2.17. The van der Waals surface area contributed by atoms with E-state index in [1.54, 1.807) is 25.4 Å². The van der Waals surface area contributed by atoms with E-state index >= 15 is 0 Å². The molecule has 0 aromatic carbocycles. The summed E-state index contributed by atoms with van der Waals surface area (Å²) in [5.41, 5.74) is 1.08. The van der Waals surface area contributed by atoms with Gasteiger partial charge in [-0.2, -0.15) is 0 Å². The number of nitrogens with zero attached hydrogens (tertiary/aromatic N) is 3. The molecule has 1 aliphatic carbocycles. The van der Waals surface area contributed by atoms with Gasteiger partial charge in [-0.15, -0.1) is 11.3 Å². The van der Waals surface area contributed by atoms with Crippen molar-refractivity contribution in [2.45, 2.75) is 32.7 Å². The van der Waals surface area contributed by atoms with Crippen LogP contribution in [0, 0.1) is 5.92 Å². The summed E-state index contributed by atoms with van der Waals surface area (Å²) in [7, 11) is 3.38. The Bertz CT molecular complexity index is 760. The summed E-state index contributed by atoms with van der Waals surface area (Å²) >= 11 is 1.63. The number of aryl methyl sites for hydroxylation is 1. The van der Waals surface area contributed by atoms with E-state index in [4.69, 9.17) is 0 Å². The molecule has 21 heavy (non-hydrogen) atoms. The van der Waals surface area contributed by atoms with Crippen molar-refractivity contribution >= 4 is 27.5 Å². The van der Waals surface area contributed by atoms with E-state index in [9.17, 15) is 9.59 Å². The predicted molar refractivity (Wildman–Crippen MR) is 83.8 cm³/mol.